The maximum absolute atomic E-state index is 8.76. The topological polar surface area (TPSA) is 194 Å². The van der Waals surface area contributed by atoms with Crippen LogP contribution in [0.1, 0.15) is 135 Å². The Kier molecular flexibility index (Phi) is 35.2. The lowest BCUT2D eigenvalue weighted by Crippen LogP contribution is -2.62. The van der Waals surface area contributed by atoms with Crippen molar-refractivity contribution in [1.29, 1.82) is 5.26 Å². The van der Waals surface area contributed by atoms with Gasteiger partial charge in [-0.05, 0) is 38.5 Å². The summed E-state index contributed by atoms with van der Waals surface area (Å²) in [6.45, 7) is 23.8. The van der Waals surface area contributed by atoms with E-state index in [1.165, 1.54) is 109 Å². The van der Waals surface area contributed by atoms with Crippen molar-refractivity contribution < 1.29 is 0 Å². The minimum Gasteiger partial charge on any atom is -0.322 e. The Hall–Kier alpha value is -1.91. The van der Waals surface area contributed by atoms with Gasteiger partial charge >= 0.3 is 0 Å². The number of hydrogen-bond donors (Lipinski definition) is 13. The molecule has 68 heavy (non-hydrogen) atoms. The normalized spacial score (nSPS) is 28.0. The highest BCUT2D eigenvalue weighted by Gasteiger charge is 2.33. The van der Waals surface area contributed by atoms with Crippen LogP contribution in [0.5, 0.6) is 0 Å². The summed E-state index contributed by atoms with van der Waals surface area (Å²) in [6.07, 6.45) is 35.7. The third-order valence-corrected chi connectivity index (χ3v) is 14.9. The van der Waals surface area contributed by atoms with Gasteiger partial charge in [0.15, 0.2) is 0 Å². The highest BCUT2D eigenvalue weighted by atomic mass is 15.1. The van der Waals surface area contributed by atoms with E-state index in [0.717, 1.165) is 176 Å². The summed E-state index contributed by atoms with van der Waals surface area (Å²) in [7, 11) is 0. The van der Waals surface area contributed by atoms with Gasteiger partial charge in [-0.3, -0.25) is 0 Å². The first kappa shape index (κ1) is 60.4. The summed E-state index contributed by atoms with van der Waals surface area (Å²) in [5.74, 6) is 5.52. The van der Waals surface area contributed by atoms with Gasteiger partial charge in [0.1, 0.15) is 0 Å². The van der Waals surface area contributed by atoms with E-state index in [4.69, 9.17) is 23.8 Å². The number of rotatable bonds is 21. The molecule has 14 N–H and O–H groups in total. The second-order valence-electron chi connectivity index (χ2n) is 21.4. The van der Waals surface area contributed by atoms with Gasteiger partial charge in [-0.15, -0.1) is 24.7 Å². The van der Waals surface area contributed by atoms with Gasteiger partial charge in [-0.1, -0.05) is 77.0 Å². The van der Waals surface area contributed by atoms with Crippen molar-refractivity contribution in [2.75, 3.05) is 157 Å². The van der Waals surface area contributed by atoms with E-state index in [1.54, 1.807) is 0 Å². The minimum absolute atomic E-state index is 0.227. The zero-order valence-corrected chi connectivity index (χ0v) is 43.5. The number of unbranched alkanes of at least 4 members (excludes halogenated alkanes) is 15. The summed E-state index contributed by atoms with van der Waals surface area (Å²) >= 11 is 0. The van der Waals surface area contributed by atoms with Crippen molar-refractivity contribution in [2.45, 2.75) is 140 Å². The predicted octanol–water partition coefficient (Wildman–Crippen LogP) is 2.74. The van der Waals surface area contributed by atoms with E-state index in [2.05, 4.69) is 81.7 Å². The molecule has 0 aromatic rings. The number of terminal acetylenes is 2. The minimum atomic E-state index is -0.266. The maximum atomic E-state index is 8.76. The van der Waals surface area contributed by atoms with Crippen molar-refractivity contribution in [3.8, 4) is 30.8 Å². The van der Waals surface area contributed by atoms with Crippen molar-refractivity contribution >= 4 is 0 Å². The molecular weight excluding hydrogens is 845 g/mol. The van der Waals surface area contributed by atoms with Crippen molar-refractivity contribution in [3.63, 3.8) is 0 Å². The molecule has 14 heteroatoms. The van der Waals surface area contributed by atoms with Crippen LogP contribution in [-0.2, 0) is 0 Å². The van der Waals surface area contributed by atoms with Crippen LogP contribution in [0.15, 0.2) is 0 Å². The van der Waals surface area contributed by atoms with Gasteiger partial charge in [0.2, 0.25) is 0 Å². The quantitative estimate of drug-likeness (QED) is 0.0594. The largest absolute Gasteiger partial charge is 0.322 e. The average Bonchev–Trinajstić information content (AvgIpc) is 3.34. The fraction of sp³-hybridized carbons (Fsp3) is 0.907. The molecule has 0 aromatic carbocycles. The Morgan fingerprint density at radius 1 is 0.309 bits per heavy atom. The number of nitrogens with one attached hydrogen (secondary N) is 12. The molecule has 0 saturated carbocycles. The molecule has 6 saturated heterocycles. The second kappa shape index (κ2) is 39.7. The van der Waals surface area contributed by atoms with Gasteiger partial charge in [0.05, 0.1) is 11.6 Å². The SMILES string of the molecule is C#CCCCCCCCC12CNCCNCC(CCCCCCCC#N)(CNCCNC1)CNCCNC2.C#CCCCCCCCC12CNCCNCC(N)(CNCCNC1)CNCCNC2. The highest BCUT2D eigenvalue weighted by molar-refractivity contribution is 4.94. The zero-order chi connectivity index (χ0) is 48.4. The van der Waals surface area contributed by atoms with Crippen LogP contribution < -0.4 is 69.5 Å². The van der Waals surface area contributed by atoms with Gasteiger partial charge in [-0.2, -0.15) is 5.26 Å². The van der Waals surface area contributed by atoms with Crippen LogP contribution in [0.2, 0.25) is 0 Å². The van der Waals surface area contributed by atoms with E-state index in [0.29, 0.717) is 6.42 Å². The summed E-state index contributed by atoms with van der Waals surface area (Å²) in [4.78, 5) is 0. The molecular formula is C54H106N14. The van der Waals surface area contributed by atoms with Crippen LogP contribution in [0.3, 0.4) is 0 Å². The number of fused-ring (bicyclic) bond motifs is 30. The van der Waals surface area contributed by atoms with E-state index in [-0.39, 0.29) is 21.8 Å². The monoisotopic (exact) mass is 951 g/mol. The summed E-state index contributed by atoms with van der Waals surface area (Å²) in [5.41, 5.74) is 7.11. The third-order valence-electron chi connectivity index (χ3n) is 14.9. The molecule has 6 aliphatic rings. The molecule has 14 nitrogen and oxygen atoms in total. The summed E-state index contributed by atoms with van der Waals surface area (Å²) in [6, 6.07) is 2.27. The van der Waals surface area contributed by atoms with Gasteiger partial charge in [0, 0.05) is 193 Å². The smallest absolute Gasteiger partial charge is 0.0621 e. The standard InChI is InChI=1S/C31H59N7.C23H47N7/c1-2-3-4-5-6-9-12-15-30-24-33-18-21-36-27-31(28-37-22-19-34-25-30,29-38-23-20-35-26-30)16-13-10-7-8-11-14-17-32;1-2-3-4-5-6-7-8-9-22-16-25-10-13-28-19-23(24,20-29-14-11-26-17-22)21-30-15-12-27-18-22/h1,33-38H,3-16,18-29H2;1,25-30H,3-21,24H2. The average molecular weight is 952 g/mol. The van der Waals surface area contributed by atoms with E-state index in [9.17, 15) is 0 Å². The van der Waals surface area contributed by atoms with Crippen molar-refractivity contribution in [2.24, 2.45) is 22.0 Å². The number of nitriles is 1. The molecule has 6 rings (SSSR count). The third kappa shape index (κ3) is 28.8. The molecule has 0 spiro atoms. The van der Waals surface area contributed by atoms with Crippen LogP contribution in [0, 0.1) is 52.3 Å². The number of nitrogens with zero attached hydrogens (tertiary/aromatic N) is 1. The molecule has 0 atom stereocenters. The van der Waals surface area contributed by atoms with Crippen molar-refractivity contribution in [1.82, 2.24) is 63.8 Å². The van der Waals surface area contributed by atoms with Crippen molar-refractivity contribution in [3.05, 3.63) is 0 Å². The van der Waals surface area contributed by atoms with Gasteiger partial charge < -0.3 is 69.5 Å². The van der Waals surface area contributed by atoms with Gasteiger partial charge in [0.25, 0.3) is 0 Å². The fourth-order valence-corrected chi connectivity index (χ4v) is 10.5. The Morgan fingerprint density at radius 2 is 0.515 bits per heavy atom. The first-order chi connectivity index (χ1) is 33.4. The number of nitrogens with two attached hydrogens (primary N) is 1. The van der Waals surface area contributed by atoms with Crippen LogP contribution in [-0.4, -0.2) is 163 Å². The summed E-state index contributed by atoms with van der Waals surface area (Å²) < 4.78 is 0. The first-order valence-electron chi connectivity index (χ1n) is 27.9. The Balaban J connectivity index is 0.000000370. The van der Waals surface area contributed by atoms with Crippen LogP contribution in [0.25, 0.3) is 0 Å². The van der Waals surface area contributed by atoms with Crippen LogP contribution in [0.4, 0.5) is 0 Å². The van der Waals surface area contributed by atoms with E-state index < -0.39 is 0 Å². The molecule has 0 unspecified atom stereocenters. The second-order valence-corrected chi connectivity index (χ2v) is 21.4. The molecule has 4 bridgehead atoms. The maximum Gasteiger partial charge on any atom is 0.0621 e. The van der Waals surface area contributed by atoms with Crippen LogP contribution >= 0.6 is 0 Å². The highest BCUT2D eigenvalue weighted by Crippen LogP contribution is 2.27. The molecule has 0 amide bonds. The Labute approximate surface area is 417 Å². The Morgan fingerprint density at radius 3 is 0.750 bits per heavy atom. The molecule has 6 aliphatic heterocycles. The molecule has 392 valence electrons. The summed E-state index contributed by atoms with van der Waals surface area (Å²) in [5, 5.41) is 53.6. The first-order valence-corrected chi connectivity index (χ1v) is 27.9. The lowest BCUT2D eigenvalue weighted by Gasteiger charge is -2.38. The molecule has 6 heterocycles. The van der Waals surface area contributed by atoms with E-state index in [1.807, 2.05) is 0 Å². The lowest BCUT2D eigenvalue weighted by atomic mass is 9.81. The number of hydrogen-bond acceptors (Lipinski definition) is 14. The zero-order valence-electron chi connectivity index (χ0n) is 43.5. The molecule has 0 aromatic heterocycles. The fourth-order valence-electron chi connectivity index (χ4n) is 10.5. The molecule has 0 radical (unpaired) electrons. The van der Waals surface area contributed by atoms with Gasteiger partial charge in [-0.25, -0.2) is 0 Å². The lowest BCUT2D eigenvalue weighted by molar-refractivity contribution is 0.197. The Bertz CT molecular complexity index is 1180. The van der Waals surface area contributed by atoms with E-state index >= 15 is 0 Å². The molecule has 6 fully saturated rings. The predicted molar refractivity (Wildman–Crippen MR) is 289 cm³/mol. The molecule has 0 aliphatic carbocycles.